The normalized spacial score (nSPS) is 21.6. The zero-order valence-corrected chi connectivity index (χ0v) is 10.7. The summed E-state index contributed by atoms with van der Waals surface area (Å²) in [6.07, 6.45) is 2.36. The Hall–Kier alpha value is -0.480. The molecule has 0 N–H and O–H groups in total. The van der Waals surface area contributed by atoms with Gasteiger partial charge >= 0.3 is 0 Å². The molecule has 1 aromatic carbocycles. The van der Waals surface area contributed by atoms with E-state index in [4.69, 9.17) is 0 Å². The lowest BCUT2D eigenvalue weighted by atomic mass is 10.2. The number of nitrogens with zero attached hydrogens (tertiary/aromatic N) is 1. The fourth-order valence-electron chi connectivity index (χ4n) is 2.13. The maximum atomic E-state index is 13.1. The zero-order chi connectivity index (χ0) is 11.7. The quantitative estimate of drug-likeness (QED) is 0.750. The minimum atomic E-state index is -0.801. The number of likely N-dealkylation sites (tertiary alicyclic amines) is 1. The van der Waals surface area contributed by atoms with Gasteiger partial charge in [-0.05, 0) is 44.0 Å². The molecule has 1 nitrogen and oxygen atoms in total. The van der Waals surface area contributed by atoms with Crippen molar-refractivity contribution in [3.05, 3.63) is 33.8 Å². The summed E-state index contributed by atoms with van der Waals surface area (Å²) in [4.78, 5) is 2.29. The van der Waals surface area contributed by atoms with Crippen LogP contribution in [0, 0.1) is 11.6 Å². The summed E-state index contributed by atoms with van der Waals surface area (Å²) in [5.41, 5.74) is 0.813. The van der Waals surface area contributed by atoms with E-state index in [0.717, 1.165) is 12.1 Å². The first-order valence-electron chi connectivity index (χ1n) is 5.45. The fourth-order valence-corrected chi connectivity index (χ4v) is 2.57. The maximum Gasteiger partial charge on any atom is 0.159 e. The van der Waals surface area contributed by atoms with Gasteiger partial charge in [0.25, 0.3) is 0 Å². The summed E-state index contributed by atoms with van der Waals surface area (Å²) in [7, 11) is 0. The molecule has 0 bridgehead atoms. The van der Waals surface area contributed by atoms with Crippen LogP contribution in [0.2, 0.25) is 0 Å². The van der Waals surface area contributed by atoms with Crippen LogP contribution in [0.25, 0.3) is 0 Å². The molecule has 0 aliphatic carbocycles. The van der Waals surface area contributed by atoms with E-state index in [-0.39, 0.29) is 0 Å². The standard InChI is InChI=1S/C12H14BrF2N/c1-8-3-2-4-16(8)7-9-5-11(14)12(15)6-10(9)13/h5-6,8H,2-4,7H2,1H3. The molecule has 1 aliphatic rings. The summed E-state index contributed by atoms with van der Waals surface area (Å²) in [6, 6.07) is 3.01. The molecule has 0 saturated carbocycles. The van der Waals surface area contributed by atoms with Crippen molar-refractivity contribution in [1.82, 2.24) is 4.90 Å². The molecule has 1 aliphatic heterocycles. The minimum Gasteiger partial charge on any atom is -0.296 e. The van der Waals surface area contributed by atoms with Gasteiger partial charge < -0.3 is 0 Å². The largest absolute Gasteiger partial charge is 0.296 e. The van der Waals surface area contributed by atoms with Gasteiger partial charge in [0.1, 0.15) is 0 Å². The number of rotatable bonds is 2. The van der Waals surface area contributed by atoms with E-state index >= 15 is 0 Å². The first kappa shape index (κ1) is 12.0. The van der Waals surface area contributed by atoms with Gasteiger partial charge in [-0.1, -0.05) is 15.9 Å². The Kier molecular flexibility index (Phi) is 3.60. The van der Waals surface area contributed by atoms with Crippen molar-refractivity contribution in [2.45, 2.75) is 32.4 Å². The molecule has 88 valence electrons. The van der Waals surface area contributed by atoms with Crippen molar-refractivity contribution in [2.24, 2.45) is 0 Å². The van der Waals surface area contributed by atoms with Gasteiger partial charge in [-0.3, -0.25) is 4.90 Å². The van der Waals surface area contributed by atoms with E-state index in [1.54, 1.807) is 0 Å². The molecule has 16 heavy (non-hydrogen) atoms. The monoisotopic (exact) mass is 289 g/mol. The smallest absolute Gasteiger partial charge is 0.159 e. The Bertz CT molecular complexity index is 395. The topological polar surface area (TPSA) is 3.24 Å². The lowest BCUT2D eigenvalue weighted by molar-refractivity contribution is 0.259. The highest BCUT2D eigenvalue weighted by Gasteiger charge is 2.21. The Morgan fingerprint density at radius 2 is 2.06 bits per heavy atom. The first-order valence-corrected chi connectivity index (χ1v) is 6.24. The van der Waals surface area contributed by atoms with Crippen molar-refractivity contribution in [3.63, 3.8) is 0 Å². The van der Waals surface area contributed by atoms with Crippen LogP contribution in [-0.2, 0) is 6.54 Å². The van der Waals surface area contributed by atoms with Gasteiger partial charge in [0.05, 0.1) is 0 Å². The van der Waals surface area contributed by atoms with Crippen LogP contribution in [0.1, 0.15) is 25.3 Å². The van der Waals surface area contributed by atoms with Crippen LogP contribution < -0.4 is 0 Å². The summed E-state index contributed by atoms with van der Waals surface area (Å²) in [6.45, 7) is 3.88. The Balaban J connectivity index is 2.18. The molecule has 1 atom stereocenters. The highest BCUT2D eigenvalue weighted by molar-refractivity contribution is 9.10. The molecule has 1 saturated heterocycles. The Morgan fingerprint density at radius 3 is 2.69 bits per heavy atom. The predicted molar refractivity (Wildman–Crippen MR) is 63.2 cm³/mol. The average molecular weight is 290 g/mol. The van der Waals surface area contributed by atoms with Gasteiger partial charge in [0.15, 0.2) is 11.6 Å². The van der Waals surface area contributed by atoms with Crippen LogP contribution in [-0.4, -0.2) is 17.5 Å². The molecular formula is C12H14BrF2N. The summed E-state index contributed by atoms with van der Waals surface area (Å²) >= 11 is 3.28. The lowest BCUT2D eigenvalue weighted by Gasteiger charge is -2.21. The molecule has 1 unspecified atom stereocenters. The third-order valence-corrected chi connectivity index (χ3v) is 3.89. The summed E-state index contributed by atoms with van der Waals surface area (Å²) < 4.78 is 26.7. The van der Waals surface area contributed by atoms with Gasteiger partial charge in [-0.25, -0.2) is 8.78 Å². The van der Waals surface area contributed by atoms with Crippen LogP contribution in [0.3, 0.4) is 0 Å². The Labute approximate surface area is 103 Å². The third kappa shape index (κ3) is 2.43. The number of hydrogen-bond acceptors (Lipinski definition) is 1. The van der Waals surface area contributed by atoms with Gasteiger partial charge in [0, 0.05) is 17.1 Å². The molecular weight excluding hydrogens is 276 g/mol. The van der Waals surface area contributed by atoms with E-state index < -0.39 is 11.6 Å². The number of halogens is 3. The second kappa shape index (κ2) is 4.80. The summed E-state index contributed by atoms with van der Waals surface area (Å²) in [5.74, 6) is -1.57. The van der Waals surface area contributed by atoms with E-state index in [2.05, 4.69) is 27.8 Å². The predicted octanol–water partition coefficient (Wildman–Crippen LogP) is 3.71. The SMILES string of the molecule is CC1CCCN1Cc1cc(F)c(F)cc1Br. The molecule has 2 rings (SSSR count). The highest BCUT2D eigenvalue weighted by atomic mass is 79.9. The fraction of sp³-hybridized carbons (Fsp3) is 0.500. The van der Waals surface area contributed by atoms with Crippen LogP contribution in [0.4, 0.5) is 8.78 Å². The van der Waals surface area contributed by atoms with Gasteiger partial charge in [-0.15, -0.1) is 0 Å². The average Bonchev–Trinajstić information content (AvgIpc) is 2.61. The molecule has 1 aromatic rings. The third-order valence-electron chi connectivity index (χ3n) is 3.15. The van der Waals surface area contributed by atoms with E-state index in [0.29, 0.717) is 17.1 Å². The first-order chi connectivity index (χ1) is 7.58. The second-order valence-electron chi connectivity index (χ2n) is 4.32. The highest BCUT2D eigenvalue weighted by Crippen LogP contribution is 2.25. The van der Waals surface area contributed by atoms with Crippen molar-refractivity contribution >= 4 is 15.9 Å². The molecule has 1 heterocycles. The molecule has 0 spiro atoms. The van der Waals surface area contributed by atoms with Gasteiger partial charge in [-0.2, -0.15) is 0 Å². The summed E-state index contributed by atoms with van der Waals surface area (Å²) in [5, 5.41) is 0. The molecule has 0 radical (unpaired) electrons. The van der Waals surface area contributed by atoms with E-state index in [1.807, 2.05) is 0 Å². The van der Waals surface area contributed by atoms with E-state index in [9.17, 15) is 8.78 Å². The van der Waals surface area contributed by atoms with Crippen molar-refractivity contribution < 1.29 is 8.78 Å². The van der Waals surface area contributed by atoms with E-state index in [1.165, 1.54) is 25.0 Å². The molecule has 1 fully saturated rings. The molecule has 4 heteroatoms. The molecule has 0 amide bonds. The van der Waals surface area contributed by atoms with Crippen LogP contribution >= 0.6 is 15.9 Å². The van der Waals surface area contributed by atoms with Crippen molar-refractivity contribution in [3.8, 4) is 0 Å². The zero-order valence-electron chi connectivity index (χ0n) is 9.14. The maximum absolute atomic E-state index is 13.1. The number of hydrogen-bond donors (Lipinski definition) is 0. The number of benzene rings is 1. The van der Waals surface area contributed by atoms with Gasteiger partial charge in [0.2, 0.25) is 0 Å². The molecule has 0 aromatic heterocycles. The Morgan fingerprint density at radius 1 is 1.38 bits per heavy atom. The minimum absolute atomic E-state index is 0.528. The second-order valence-corrected chi connectivity index (χ2v) is 5.17. The van der Waals surface area contributed by atoms with Crippen molar-refractivity contribution in [1.29, 1.82) is 0 Å². The lowest BCUT2D eigenvalue weighted by Crippen LogP contribution is -2.26. The van der Waals surface area contributed by atoms with Crippen LogP contribution in [0.15, 0.2) is 16.6 Å². The van der Waals surface area contributed by atoms with Crippen LogP contribution in [0.5, 0.6) is 0 Å². The van der Waals surface area contributed by atoms with Crippen molar-refractivity contribution in [2.75, 3.05) is 6.54 Å².